The molecule has 0 atom stereocenters. The van der Waals surface area contributed by atoms with Crippen LogP contribution in [0.1, 0.15) is 52.9 Å². The molecule has 1 amide bonds. The Labute approximate surface area is 132 Å². The summed E-state index contributed by atoms with van der Waals surface area (Å²) in [5.41, 5.74) is 0.383. The maximum Gasteiger partial charge on any atom is 0.223 e. The molecule has 0 spiro atoms. The van der Waals surface area contributed by atoms with E-state index in [1.54, 1.807) is 0 Å². The molecule has 0 aliphatic heterocycles. The first-order valence-corrected chi connectivity index (χ1v) is 8.98. The quantitative estimate of drug-likeness (QED) is 0.562. The lowest BCUT2D eigenvalue weighted by molar-refractivity contribution is -0.126. The van der Waals surface area contributed by atoms with Crippen molar-refractivity contribution in [2.45, 2.75) is 52.9 Å². The summed E-state index contributed by atoms with van der Waals surface area (Å²) in [6, 6.07) is 0. The van der Waals surface area contributed by atoms with Crippen molar-refractivity contribution in [3.05, 3.63) is 0 Å². The summed E-state index contributed by atoms with van der Waals surface area (Å²) >= 11 is 3.32. The molecule has 3 nitrogen and oxygen atoms in total. The number of halogens is 1. The molecule has 0 aromatic heterocycles. The average Bonchev–Trinajstić information content (AvgIpc) is 2.41. The van der Waals surface area contributed by atoms with Crippen molar-refractivity contribution >= 4 is 21.8 Å². The van der Waals surface area contributed by atoms with Crippen molar-refractivity contribution in [1.29, 1.82) is 0 Å². The fourth-order valence-electron chi connectivity index (χ4n) is 2.91. The third kappa shape index (κ3) is 6.57. The summed E-state index contributed by atoms with van der Waals surface area (Å²) in [6.45, 7) is 9.13. The lowest BCUT2D eigenvalue weighted by Gasteiger charge is -2.36. The van der Waals surface area contributed by atoms with Crippen LogP contribution in [0.25, 0.3) is 0 Å². The summed E-state index contributed by atoms with van der Waals surface area (Å²) in [4.78, 5) is 12.1. The molecule has 1 saturated carbocycles. The van der Waals surface area contributed by atoms with Crippen LogP contribution in [0.4, 0.5) is 0 Å². The normalized spacial score (nSPS) is 23.6. The highest BCUT2D eigenvalue weighted by Crippen LogP contribution is 2.39. The molecule has 1 aliphatic carbocycles. The molecule has 0 bridgehead atoms. The summed E-state index contributed by atoms with van der Waals surface area (Å²) in [7, 11) is 0. The van der Waals surface area contributed by atoms with E-state index in [0.717, 1.165) is 50.3 Å². The van der Waals surface area contributed by atoms with Crippen LogP contribution in [0.15, 0.2) is 0 Å². The molecular formula is C16H30BrNO2. The number of carbonyl (C=O) groups excluding carboxylic acids is 1. The van der Waals surface area contributed by atoms with Gasteiger partial charge in [0.05, 0.1) is 6.61 Å². The molecule has 0 unspecified atom stereocenters. The van der Waals surface area contributed by atoms with Gasteiger partial charge < -0.3 is 10.1 Å². The van der Waals surface area contributed by atoms with E-state index in [1.807, 2.05) is 0 Å². The minimum atomic E-state index is 0.233. The van der Waals surface area contributed by atoms with Crippen molar-refractivity contribution in [2.24, 2.45) is 17.3 Å². The Morgan fingerprint density at radius 1 is 1.20 bits per heavy atom. The lowest BCUT2D eigenvalue weighted by atomic mass is 9.69. The largest absolute Gasteiger partial charge is 0.381 e. The average molecular weight is 348 g/mol. The van der Waals surface area contributed by atoms with Gasteiger partial charge in [-0.25, -0.2) is 0 Å². The zero-order chi connectivity index (χ0) is 15.0. The molecule has 1 rings (SSSR count). The number of nitrogens with one attached hydrogen (secondary N) is 1. The zero-order valence-electron chi connectivity index (χ0n) is 13.2. The summed E-state index contributed by atoms with van der Waals surface area (Å²) in [6.07, 6.45) is 5.38. The van der Waals surface area contributed by atoms with E-state index in [2.05, 4.69) is 42.0 Å². The highest BCUT2D eigenvalue weighted by molar-refractivity contribution is 9.09. The molecular weight excluding hydrogens is 318 g/mol. The van der Waals surface area contributed by atoms with Crippen LogP contribution in [-0.4, -0.2) is 31.0 Å². The topological polar surface area (TPSA) is 38.3 Å². The number of rotatable bonds is 7. The van der Waals surface area contributed by atoms with Crippen molar-refractivity contribution < 1.29 is 9.53 Å². The predicted octanol–water partition coefficient (Wildman–Crippen LogP) is 3.76. The molecule has 1 fully saturated rings. The van der Waals surface area contributed by atoms with Crippen LogP contribution in [0.5, 0.6) is 0 Å². The molecule has 118 valence electrons. The number of hydrogen-bond acceptors (Lipinski definition) is 2. The van der Waals surface area contributed by atoms with Gasteiger partial charge in [-0.3, -0.25) is 4.79 Å². The molecule has 4 heteroatoms. The van der Waals surface area contributed by atoms with Crippen molar-refractivity contribution in [1.82, 2.24) is 5.32 Å². The second-order valence-electron chi connectivity index (χ2n) is 6.86. The molecule has 0 saturated heterocycles. The van der Waals surface area contributed by atoms with E-state index in [4.69, 9.17) is 4.74 Å². The van der Waals surface area contributed by atoms with Gasteiger partial charge in [-0.05, 0) is 43.4 Å². The van der Waals surface area contributed by atoms with E-state index >= 15 is 0 Å². The number of hydrogen-bond donors (Lipinski definition) is 1. The van der Waals surface area contributed by atoms with Gasteiger partial charge in [0.1, 0.15) is 0 Å². The second-order valence-corrected chi connectivity index (χ2v) is 7.65. The van der Waals surface area contributed by atoms with Crippen molar-refractivity contribution in [3.8, 4) is 0 Å². The van der Waals surface area contributed by atoms with E-state index in [-0.39, 0.29) is 11.8 Å². The van der Waals surface area contributed by atoms with Gasteiger partial charge in [-0.1, -0.05) is 36.7 Å². The molecule has 0 aromatic rings. The van der Waals surface area contributed by atoms with E-state index in [0.29, 0.717) is 5.41 Å². The zero-order valence-corrected chi connectivity index (χ0v) is 14.8. The number of alkyl halides is 1. The Kier molecular flexibility index (Phi) is 8.11. The third-order valence-electron chi connectivity index (χ3n) is 4.31. The first-order chi connectivity index (χ1) is 9.45. The van der Waals surface area contributed by atoms with Crippen LogP contribution in [0.2, 0.25) is 0 Å². The molecule has 0 heterocycles. The van der Waals surface area contributed by atoms with Crippen LogP contribution in [0, 0.1) is 17.3 Å². The molecule has 1 aliphatic rings. The van der Waals surface area contributed by atoms with Crippen LogP contribution < -0.4 is 5.32 Å². The van der Waals surface area contributed by atoms with Gasteiger partial charge in [0.2, 0.25) is 5.91 Å². The fourth-order valence-corrected chi connectivity index (χ4v) is 3.14. The Hall–Kier alpha value is -0.0900. The smallest absolute Gasteiger partial charge is 0.223 e. The first-order valence-electron chi connectivity index (χ1n) is 7.86. The summed E-state index contributed by atoms with van der Waals surface area (Å²) < 4.78 is 5.36. The molecule has 20 heavy (non-hydrogen) atoms. The molecule has 1 N–H and O–H groups in total. The van der Waals surface area contributed by atoms with E-state index in [9.17, 15) is 4.79 Å². The first kappa shape index (κ1) is 18.0. The molecule has 0 aromatic carbocycles. The standard InChI is InChI=1S/C16H30BrNO2/c1-16(2,3)14-7-5-13(6-8-14)15(19)18-10-4-11-20-12-9-17/h13-14H,4-12H2,1-3H3,(H,18,19). The van der Waals surface area contributed by atoms with Crippen LogP contribution >= 0.6 is 15.9 Å². The number of carbonyl (C=O) groups is 1. The van der Waals surface area contributed by atoms with Crippen molar-refractivity contribution in [3.63, 3.8) is 0 Å². The van der Waals surface area contributed by atoms with E-state index in [1.165, 1.54) is 12.8 Å². The van der Waals surface area contributed by atoms with E-state index < -0.39 is 0 Å². The Bertz CT molecular complexity index is 281. The maximum atomic E-state index is 12.1. The SMILES string of the molecule is CC(C)(C)C1CCC(C(=O)NCCCOCCBr)CC1. The highest BCUT2D eigenvalue weighted by Gasteiger charge is 2.32. The summed E-state index contributed by atoms with van der Waals surface area (Å²) in [5, 5.41) is 3.92. The predicted molar refractivity (Wildman–Crippen MR) is 87.1 cm³/mol. The fraction of sp³-hybridized carbons (Fsp3) is 0.938. The van der Waals surface area contributed by atoms with Gasteiger partial charge in [-0.2, -0.15) is 0 Å². The Morgan fingerprint density at radius 3 is 2.40 bits per heavy atom. The third-order valence-corrected chi connectivity index (χ3v) is 4.63. The second kappa shape index (κ2) is 9.04. The monoisotopic (exact) mass is 347 g/mol. The summed E-state index contributed by atoms with van der Waals surface area (Å²) in [5.74, 6) is 1.25. The van der Waals surface area contributed by atoms with Gasteiger partial charge in [0.25, 0.3) is 0 Å². The minimum absolute atomic E-state index is 0.233. The maximum absolute atomic E-state index is 12.1. The van der Waals surface area contributed by atoms with Gasteiger partial charge >= 0.3 is 0 Å². The Balaban J connectivity index is 2.13. The van der Waals surface area contributed by atoms with Crippen LogP contribution in [0.3, 0.4) is 0 Å². The van der Waals surface area contributed by atoms with Gasteiger partial charge in [0.15, 0.2) is 0 Å². The van der Waals surface area contributed by atoms with Crippen LogP contribution in [-0.2, 0) is 9.53 Å². The highest BCUT2D eigenvalue weighted by atomic mass is 79.9. The number of ether oxygens (including phenoxy) is 1. The van der Waals surface area contributed by atoms with Gasteiger partial charge in [-0.15, -0.1) is 0 Å². The number of amides is 1. The van der Waals surface area contributed by atoms with Crippen molar-refractivity contribution in [2.75, 3.05) is 25.1 Å². The molecule has 0 radical (unpaired) electrons. The lowest BCUT2D eigenvalue weighted by Crippen LogP contribution is -2.36. The minimum Gasteiger partial charge on any atom is -0.381 e. The van der Waals surface area contributed by atoms with Gasteiger partial charge in [0, 0.05) is 24.4 Å². The Morgan fingerprint density at radius 2 is 1.85 bits per heavy atom.